The van der Waals surface area contributed by atoms with Gasteiger partial charge in [0.15, 0.2) is 0 Å². The number of carbonyl (C=O) groups excluding carboxylic acids is 2. The Morgan fingerprint density at radius 1 is 0.415 bits per heavy atom. The normalized spacial score (nSPS) is 12.7. The number of carbonyl (C=O) groups is 2. The van der Waals surface area contributed by atoms with Crippen LogP contribution in [0.1, 0.15) is 316 Å². The van der Waals surface area contributed by atoms with Gasteiger partial charge in [-0.2, -0.15) is 0 Å². The van der Waals surface area contributed by atoms with Gasteiger partial charge in [-0.15, -0.1) is 0 Å². The molecule has 0 saturated heterocycles. The molecule has 6 heteroatoms. The second-order valence-corrected chi connectivity index (χ2v) is 20.0. The van der Waals surface area contributed by atoms with E-state index in [4.69, 9.17) is 4.74 Å². The zero-order valence-corrected chi connectivity index (χ0v) is 43.7. The number of rotatable bonds is 54. The van der Waals surface area contributed by atoms with Crippen molar-refractivity contribution >= 4 is 11.9 Å². The van der Waals surface area contributed by atoms with Crippen LogP contribution in [0.5, 0.6) is 0 Å². The van der Waals surface area contributed by atoms with Crippen LogP contribution in [-0.2, 0) is 14.3 Å². The first-order valence-corrected chi connectivity index (χ1v) is 29.1. The molecular weight excluding hydrogens is 803 g/mol. The molecule has 0 aliphatic heterocycles. The average Bonchev–Trinajstić information content (AvgIpc) is 3.31. The summed E-state index contributed by atoms with van der Waals surface area (Å²) in [6.45, 7) is 4.85. The number of unbranched alkanes of at least 4 members (excludes halogenated alkanes) is 41. The van der Waals surface area contributed by atoms with E-state index in [0.29, 0.717) is 19.4 Å². The SMILES string of the molecule is CCCCCCCCC/C=C\CCCCCCCC(=O)OCCCCCCCCCCCC(=O)NC(CO)C(O)/C=C/CCCCCCCCCCCCCCCCCCCCCCC. The maximum Gasteiger partial charge on any atom is 0.305 e. The molecule has 0 bridgehead atoms. The van der Waals surface area contributed by atoms with Crippen molar-refractivity contribution in [2.75, 3.05) is 13.2 Å². The van der Waals surface area contributed by atoms with Crippen LogP contribution in [0.3, 0.4) is 0 Å². The van der Waals surface area contributed by atoms with Gasteiger partial charge in [0.25, 0.3) is 0 Å². The monoisotopic (exact) mass is 916 g/mol. The van der Waals surface area contributed by atoms with Gasteiger partial charge in [-0.1, -0.05) is 269 Å². The minimum Gasteiger partial charge on any atom is -0.466 e. The van der Waals surface area contributed by atoms with Crippen LogP contribution in [-0.4, -0.2) is 47.4 Å². The Morgan fingerprint density at radius 3 is 1.09 bits per heavy atom. The van der Waals surface area contributed by atoms with Crippen molar-refractivity contribution < 1.29 is 24.5 Å². The lowest BCUT2D eigenvalue weighted by molar-refractivity contribution is -0.143. The largest absolute Gasteiger partial charge is 0.466 e. The molecule has 0 aliphatic carbocycles. The first-order valence-electron chi connectivity index (χ1n) is 29.1. The van der Waals surface area contributed by atoms with Crippen molar-refractivity contribution in [3.05, 3.63) is 24.3 Å². The van der Waals surface area contributed by atoms with E-state index in [-0.39, 0.29) is 18.5 Å². The van der Waals surface area contributed by atoms with E-state index in [2.05, 4.69) is 31.3 Å². The minimum atomic E-state index is -0.863. The Kier molecular flexibility index (Phi) is 53.5. The third kappa shape index (κ3) is 51.6. The number of aliphatic hydroxyl groups is 2. The second kappa shape index (κ2) is 54.9. The van der Waals surface area contributed by atoms with Crippen molar-refractivity contribution in [3.8, 4) is 0 Å². The summed E-state index contributed by atoms with van der Waals surface area (Å²) in [7, 11) is 0. The van der Waals surface area contributed by atoms with Gasteiger partial charge >= 0.3 is 5.97 Å². The molecule has 0 saturated carbocycles. The molecule has 0 rings (SSSR count). The van der Waals surface area contributed by atoms with Gasteiger partial charge in [0.2, 0.25) is 5.91 Å². The maximum atomic E-state index is 12.5. The second-order valence-electron chi connectivity index (χ2n) is 20.0. The summed E-state index contributed by atoms with van der Waals surface area (Å²) in [6, 6.07) is -0.649. The predicted octanol–water partition coefficient (Wildman–Crippen LogP) is 17.9. The molecule has 0 aromatic rings. The fraction of sp³-hybridized carbons (Fsp3) is 0.898. The Bertz CT molecular complexity index is 1010. The van der Waals surface area contributed by atoms with Gasteiger partial charge < -0.3 is 20.3 Å². The number of hydrogen-bond donors (Lipinski definition) is 3. The zero-order valence-electron chi connectivity index (χ0n) is 43.7. The fourth-order valence-electron chi connectivity index (χ4n) is 8.98. The number of esters is 1. The molecule has 65 heavy (non-hydrogen) atoms. The molecule has 0 aromatic carbocycles. The summed E-state index contributed by atoms with van der Waals surface area (Å²) < 4.78 is 5.46. The lowest BCUT2D eigenvalue weighted by Crippen LogP contribution is -2.45. The van der Waals surface area contributed by atoms with Crippen molar-refractivity contribution in [1.29, 1.82) is 0 Å². The van der Waals surface area contributed by atoms with Gasteiger partial charge in [0, 0.05) is 12.8 Å². The Morgan fingerprint density at radius 2 is 0.723 bits per heavy atom. The molecule has 6 nitrogen and oxygen atoms in total. The van der Waals surface area contributed by atoms with Crippen LogP contribution in [0, 0.1) is 0 Å². The Labute approximate surface area is 405 Å². The van der Waals surface area contributed by atoms with Crippen LogP contribution in [0.25, 0.3) is 0 Å². The molecule has 2 unspecified atom stereocenters. The summed E-state index contributed by atoms with van der Waals surface area (Å²) in [5.41, 5.74) is 0. The van der Waals surface area contributed by atoms with E-state index in [1.54, 1.807) is 6.08 Å². The molecule has 2 atom stereocenters. The number of nitrogens with one attached hydrogen (secondary N) is 1. The highest BCUT2D eigenvalue weighted by Gasteiger charge is 2.18. The van der Waals surface area contributed by atoms with Crippen LogP contribution >= 0.6 is 0 Å². The summed E-state index contributed by atoms with van der Waals surface area (Å²) in [5.74, 6) is -0.127. The number of aliphatic hydroxyl groups excluding tert-OH is 2. The van der Waals surface area contributed by atoms with E-state index in [1.807, 2.05) is 6.08 Å². The smallest absolute Gasteiger partial charge is 0.305 e. The topological polar surface area (TPSA) is 95.9 Å². The first-order chi connectivity index (χ1) is 32.0. The van der Waals surface area contributed by atoms with Crippen molar-refractivity contribution in [2.45, 2.75) is 328 Å². The Balaban J connectivity index is 3.51. The van der Waals surface area contributed by atoms with Gasteiger partial charge in [0.05, 0.1) is 25.4 Å². The zero-order chi connectivity index (χ0) is 47.2. The number of allylic oxidation sites excluding steroid dienone is 3. The van der Waals surface area contributed by atoms with Crippen LogP contribution < -0.4 is 5.32 Å². The van der Waals surface area contributed by atoms with Gasteiger partial charge in [-0.3, -0.25) is 9.59 Å². The lowest BCUT2D eigenvalue weighted by atomic mass is 10.0. The molecule has 0 fully saturated rings. The Hall–Kier alpha value is -1.66. The van der Waals surface area contributed by atoms with E-state index in [9.17, 15) is 19.8 Å². The van der Waals surface area contributed by atoms with Crippen molar-refractivity contribution in [1.82, 2.24) is 5.32 Å². The van der Waals surface area contributed by atoms with Gasteiger partial charge in [-0.25, -0.2) is 0 Å². The summed E-state index contributed by atoms with van der Waals surface area (Å²) in [4.78, 5) is 24.5. The number of amides is 1. The van der Waals surface area contributed by atoms with Crippen LogP contribution in [0.2, 0.25) is 0 Å². The molecule has 1 amide bonds. The highest BCUT2D eigenvalue weighted by molar-refractivity contribution is 5.76. The lowest BCUT2D eigenvalue weighted by Gasteiger charge is -2.20. The standard InChI is InChI=1S/C59H113NO5/c1-3-5-7-9-11-13-15-17-19-21-22-23-24-25-26-27-28-30-32-35-39-43-47-51-57(62)56(55-61)60-58(63)52-48-44-40-36-34-38-42-46-50-54-65-59(64)53-49-45-41-37-33-31-29-20-18-16-14-12-10-8-6-4-2/h20,29,47,51,56-57,61-62H,3-19,21-28,30-46,48-50,52-55H2,1-2H3,(H,60,63)/b29-20-,51-47+. The molecule has 0 spiro atoms. The van der Waals surface area contributed by atoms with E-state index < -0.39 is 12.1 Å². The molecule has 0 heterocycles. The molecule has 0 radical (unpaired) electrons. The molecule has 384 valence electrons. The highest BCUT2D eigenvalue weighted by Crippen LogP contribution is 2.17. The van der Waals surface area contributed by atoms with Crippen molar-refractivity contribution in [3.63, 3.8) is 0 Å². The molecule has 0 aliphatic rings. The van der Waals surface area contributed by atoms with Crippen LogP contribution in [0.15, 0.2) is 24.3 Å². The van der Waals surface area contributed by atoms with E-state index in [1.165, 1.54) is 231 Å². The summed E-state index contributed by atoms with van der Waals surface area (Å²) in [5, 5.41) is 23.2. The first kappa shape index (κ1) is 63.3. The number of ether oxygens (including phenoxy) is 1. The van der Waals surface area contributed by atoms with Gasteiger partial charge in [-0.05, 0) is 57.8 Å². The van der Waals surface area contributed by atoms with Crippen molar-refractivity contribution in [2.24, 2.45) is 0 Å². The van der Waals surface area contributed by atoms with E-state index >= 15 is 0 Å². The molecule has 0 aromatic heterocycles. The van der Waals surface area contributed by atoms with Crippen LogP contribution in [0.4, 0.5) is 0 Å². The molecule has 3 N–H and O–H groups in total. The fourth-order valence-corrected chi connectivity index (χ4v) is 8.98. The predicted molar refractivity (Wildman–Crippen MR) is 283 cm³/mol. The highest BCUT2D eigenvalue weighted by atomic mass is 16.5. The third-order valence-corrected chi connectivity index (χ3v) is 13.5. The summed E-state index contributed by atoms with van der Waals surface area (Å²) in [6.07, 6.45) is 66.3. The van der Waals surface area contributed by atoms with E-state index in [0.717, 1.165) is 57.8 Å². The number of hydrogen-bond acceptors (Lipinski definition) is 5. The maximum absolute atomic E-state index is 12.5. The van der Waals surface area contributed by atoms with Gasteiger partial charge in [0.1, 0.15) is 0 Å². The molecular formula is C59H113NO5. The minimum absolute atomic E-state index is 0.0339. The summed E-state index contributed by atoms with van der Waals surface area (Å²) >= 11 is 0. The quantitative estimate of drug-likeness (QED) is 0.0321. The third-order valence-electron chi connectivity index (χ3n) is 13.5. The average molecular weight is 917 g/mol.